The van der Waals surface area contributed by atoms with Gasteiger partial charge in [-0.3, -0.25) is 4.55 Å². The summed E-state index contributed by atoms with van der Waals surface area (Å²) in [5, 5.41) is 0. The maximum absolute atomic E-state index is 10.4. The highest BCUT2D eigenvalue weighted by atomic mass is 32.2. The average Bonchev–Trinajstić information content (AvgIpc) is 1.80. The number of hydrogen-bond acceptors (Lipinski definition) is 3. The fourth-order valence-electron chi connectivity index (χ4n) is 0.600. The van der Waals surface area contributed by atoms with Gasteiger partial charge in [-0.2, -0.15) is 8.42 Å². The zero-order valence-electron chi connectivity index (χ0n) is 6.07. The molecular formula is C5H12O4S. The van der Waals surface area contributed by atoms with Crippen molar-refractivity contribution < 1.29 is 17.7 Å². The standard InChI is InChI=1S/C5H12O4S/c1-3-5(9-4-2)10(6,7)8/h5H,3-4H2,1-2H3,(H,6,7,8). The molecule has 62 valence electrons. The van der Waals surface area contributed by atoms with Crippen molar-refractivity contribution in [1.29, 1.82) is 0 Å². The summed E-state index contributed by atoms with van der Waals surface area (Å²) in [6.45, 7) is 3.60. The Hall–Kier alpha value is -0.130. The molecule has 0 aromatic carbocycles. The maximum Gasteiger partial charge on any atom is 0.292 e. The zero-order valence-corrected chi connectivity index (χ0v) is 6.89. The predicted molar refractivity (Wildman–Crippen MR) is 37.3 cm³/mol. The Morgan fingerprint density at radius 1 is 1.50 bits per heavy atom. The van der Waals surface area contributed by atoms with Crippen LogP contribution in [0, 0.1) is 0 Å². The van der Waals surface area contributed by atoms with E-state index in [1.807, 2.05) is 0 Å². The Labute approximate surface area is 60.9 Å². The first kappa shape index (κ1) is 9.87. The van der Waals surface area contributed by atoms with Gasteiger partial charge in [-0.15, -0.1) is 0 Å². The molecule has 0 aliphatic carbocycles. The van der Waals surface area contributed by atoms with Crippen LogP contribution in [0.2, 0.25) is 0 Å². The lowest BCUT2D eigenvalue weighted by molar-refractivity contribution is 0.108. The highest BCUT2D eigenvalue weighted by molar-refractivity contribution is 7.86. The van der Waals surface area contributed by atoms with Crippen molar-refractivity contribution in [3.63, 3.8) is 0 Å². The summed E-state index contributed by atoms with van der Waals surface area (Å²) >= 11 is 0. The fourth-order valence-corrected chi connectivity index (χ4v) is 1.33. The summed E-state index contributed by atoms with van der Waals surface area (Å²) < 4.78 is 33.9. The van der Waals surface area contributed by atoms with E-state index >= 15 is 0 Å². The minimum absolute atomic E-state index is 0.271. The van der Waals surface area contributed by atoms with E-state index in [4.69, 9.17) is 9.29 Å². The predicted octanol–water partition coefficient (Wildman–Crippen LogP) is 0.647. The topological polar surface area (TPSA) is 63.6 Å². The second kappa shape index (κ2) is 3.90. The molecule has 0 rings (SSSR count). The van der Waals surface area contributed by atoms with E-state index in [0.29, 0.717) is 0 Å². The van der Waals surface area contributed by atoms with E-state index in [1.54, 1.807) is 13.8 Å². The van der Waals surface area contributed by atoms with E-state index in [1.165, 1.54) is 0 Å². The largest absolute Gasteiger partial charge is 0.360 e. The number of rotatable bonds is 4. The summed E-state index contributed by atoms with van der Waals surface area (Å²) in [5.74, 6) is 0. The van der Waals surface area contributed by atoms with Crippen LogP contribution in [-0.2, 0) is 14.9 Å². The molecule has 0 aliphatic heterocycles. The first-order valence-electron chi connectivity index (χ1n) is 3.10. The molecule has 0 bridgehead atoms. The van der Waals surface area contributed by atoms with Crippen LogP contribution in [0.15, 0.2) is 0 Å². The highest BCUT2D eigenvalue weighted by Crippen LogP contribution is 2.04. The number of ether oxygens (including phenoxy) is 1. The fraction of sp³-hybridized carbons (Fsp3) is 1.00. The quantitative estimate of drug-likeness (QED) is 0.626. The molecule has 0 aromatic rings. The summed E-state index contributed by atoms with van der Waals surface area (Å²) in [6, 6.07) is 0. The number of hydrogen-bond donors (Lipinski definition) is 1. The van der Waals surface area contributed by atoms with Gasteiger partial charge in [0.25, 0.3) is 10.1 Å². The van der Waals surface area contributed by atoms with E-state index < -0.39 is 15.6 Å². The molecule has 1 atom stereocenters. The lowest BCUT2D eigenvalue weighted by Crippen LogP contribution is -2.22. The minimum Gasteiger partial charge on any atom is -0.360 e. The first-order chi connectivity index (χ1) is 4.52. The average molecular weight is 168 g/mol. The van der Waals surface area contributed by atoms with Crippen molar-refractivity contribution in [2.75, 3.05) is 6.61 Å². The molecule has 0 spiro atoms. The molecule has 0 aromatic heterocycles. The van der Waals surface area contributed by atoms with Gasteiger partial charge in [-0.05, 0) is 13.3 Å². The molecule has 0 heterocycles. The molecule has 4 nitrogen and oxygen atoms in total. The van der Waals surface area contributed by atoms with Gasteiger partial charge in [-0.1, -0.05) is 6.92 Å². The van der Waals surface area contributed by atoms with Gasteiger partial charge in [0.05, 0.1) is 0 Å². The van der Waals surface area contributed by atoms with Crippen LogP contribution in [0.4, 0.5) is 0 Å². The molecule has 0 saturated heterocycles. The summed E-state index contributed by atoms with van der Waals surface area (Å²) in [6.07, 6.45) is 0.271. The minimum atomic E-state index is -4.00. The molecule has 0 aliphatic rings. The molecule has 1 N–H and O–H groups in total. The normalized spacial score (nSPS) is 15.1. The Kier molecular flexibility index (Phi) is 3.85. The van der Waals surface area contributed by atoms with Gasteiger partial charge < -0.3 is 4.74 Å². The van der Waals surface area contributed by atoms with Crippen LogP contribution >= 0.6 is 0 Å². The summed E-state index contributed by atoms with van der Waals surface area (Å²) in [5.41, 5.74) is -1.06. The van der Waals surface area contributed by atoms with E-state index in [0.717, 1.165) is 0 Å². The second-order valence-corrected chi connectivity index (χ2v) is 3.36. The smallest absolute Gasteiger partial charge is 0.292 e. The lowest BCUT2D eigenvalue weighted by atomic mass is 10.5. The molecule has 0 fully saturated rings. The maximum atomic E-state index is 10.4. The van der Waals surface area contributed by atoms with E-state index in [-0.39, 0.29) is 13.0 Å². The molecule has 5 heteroatoms. The van der Waals surface area contributed by atoms with Crippen molar-refractivity contribution in [3.8, 4) is 0 Å². The molecule has 0 amide bonds. The first-order valence-corrected chi connectivity index (χ1v) is 4.60. The third-order valence-electron chi connectivity index (χ3n) is 1.02. The van der Waals surface area contributed by atoms with Crippen LogP contribution in [0.3, 0.4) is 0 Å². The summed E-state index contributed by atoms with van der Waals surface area (Å²) in [7, 11) is -4.00. The third kappa shape index (κ3) is 3.14. The van der Waals surface area contributed by atoms with Crippen LogP contribution in [0.25, 0.3) is 0 Å². The van der Waals surface area contributed by atoms with E-state index in [9.17, 15) is 8.42 Å². The Morgan fingerprint density at radius 2 is 2.00 bits per heavy atom. The van der Waals surface area contributed by atoms with Crippen LogP contribution in [0.1, 0.15) is 20.3 Å². The van der Waals surface area contributed by atoms with Gasteiger partial charge in [0.1, 0.15) is 0 Å². The van der Waals surface area contributed by atoms with Crippen molar-refractivity contribution in [2.24, 2.45) is 0 Å². The lowest BCUT2D eigenvalue weighted by Gasteiger charge is -2.09. The highest BCUT2D eigenvalue weighted by Gasteiger charge is 2.19. The molecule has 1 unspecified atom stereocenters. The van der Waals surface area contributed by atoms with Gasteiger partial charge in [-0.25, -0.2) is 0 Å². The van der Waals surface area contributed by atoms with Crippen LogP contribution in [0.5, 0.6) is 0 Å². The van der Waals surface area contributed by atoms with Crippen molar-refractivity contribution in [1.82, 2.24) is 0 Å². The van der Waals surface area contributed by atoms with E-state index in [2.05, 4.69) is 0 Å². The Morgan fingerprint density at radius 3 is 2.10 bits per heavy atom. The van der Waals surface area contributed by atoms with Gasteiger partial charge in [0.15, 0.2) is 5.44 Å². The molecule has 10 heavy (non-hydrogen) atoms. The Balaban J connectivity index is 4.08. The van der Waals surface area contributed by atoms with Gasteiger partial charge in [0.2, 0.25) is 0 Å². The SMILES string of the molecule is CCOC(CC)S(=O)(=O)O. The molecule has 0 radical (unpaired) electrons. The van der Waals surface area contributed by atoms with Crippen LogP contribution < -0.4 is 0 Å². The Bertz CT molecular complexity index is 172. The van der Waals surface area contributed by atoms with Crippen molar-refractivity contribution >= 4 is 10.1 Å². The summed E-state index contributed by atoms with van der Waals surface area (Å²) in [4.78, 5) is 0. The zero-order chi connectivity index (χ0) is 8.20. The van der Waals surface area contributed by atoms with Crippen molar-refractivity contribution in [2.45, 2.75) is 25.7 Å². The van der Waals surface area contributed by atoms with Crippen molar-refractivity contribution in [3.05, 3.63) is 0 Å². The second-order valence-electron chi connectivity index (χ2n) is 1.81. The van der Waals surface area contributed by atoms with Gasteiger partial charge >= 0.3 is 0 Å². The third-order valence-corrected chi connectivity index (χ3v) is 2.15. The van der Waals surface area contributed by atoms with Crippen LogP contribution in [-0.4, -0.2) is 25.0 Å². The van der Waals surface area contributed by atoms with Gasteiger partial charge in [0, 0.05) is 6.61 Å². The monoisotopic (exact) mass is 168 g/mol. The molecule has 0 saturated carbocycles. The molecular weight excluding hydrogens is 156 g/mol.